The number of rotatable bonds is 5. The monoisotopic (exact) mass is 350 g/mol. The number of aryl methyl sites for hydroxylation is 1. The van der Waals surface area contributed by atoms with Gasteiger partial charge >= 0.3 is 6.36 Å². The molecule has 0 saturated carbocycles. The second kappa shape index (κ2) is 6.16. The van der Waals surface area contributed by atoms with E-state index >= 15 is 0 Å². The van der Waals surface area contributed by atoms with Crippen molar-refractivity contribution in [3.63, 3.8) is 0 Å². The molecule has 0 spiro atoms. The van der Waals surface area contributed by atoms with E-state index in [1.165, 1.54) is 30.0 Å². The second-order valence-corrected chi connectivity index (χ2v) is 6.32. The van der Waals surface area contributed by atoms with Gasteiger partial charge in [0.05, 0.1) is 6.04 Å². The highest BCUT2D eigenvalue weighted by atomic mass is 32.2. The summed E-state index contributed by atoms with van der Waals surface area (Å²) in [5, 5.41) is 7.37. The van der Waals surface area contributed by atoms with Gasteiger partial charge in [0, 0.05) is 7.05 Å². The fraction of sp³-hybridized carbons (Fsp3) is 0.333. The van der Waals surface area contributed by atoms with Crippen molar-refractivity contribution >= 4 is 10.0 Å². The SMILES string of the molecule is C[C@H](NS(=O)(=O)c1ccccc1OC(F)(F)F)c1nncn1C. The lowest BCUT2D eigenvalue weighted by molar-refractivity contribution is -0.275. The Morgan fingerprint density at radius 2 is 1.96 bits per heavy atom. The van der Waals surface area contributed by atoms with Crippen LogP contribution in [0.5, 0.6) is 5.75 Å². The summed E-state index contributed by atoms with van der Waals surface area (Å²) in [4.78, 5) is -0.619. The zero-order chi connectivity index (χ0) is 17.3. The fourth-order valence-electron chi connectivity index (χ4n) is 1.91. The second-order valence-electron chi connectivity index (χ2n) is 4.64. The van der Waals surface area contributed by atoms with Crippen molar-refractivity contribution in [2.24, 2.45) is 7.05 Å². The van der Waals surface area contributed by atoms with Crippen molar-refractivity contribution in [1.29, 1.82) is 0 Å². The average Bonchev–Trinajstić information content (AvgIpc) is 2.83. The van der Waals surface area contributed by atoms with E-state index in [1.807, 2.05) is 0 Å². The summed E-state index contributed by atoms with van der Waals surface area (Å²) in [6.07, 6.45) is -3.62. The predicted octanol–water partition coefficient (Wildman–Crippen LogP) is 1.75. The van der Waals surface area contributed by atoms with Crippen LogP contribution in [0, 0.1) is 0 Å². The summed E-state index contributed by atoms with van der Waals surface area (Å²) in [7, 11) is -2.65. The lowest BCUT2D eigenvalue weighted by atomic mass is 10.3. The number of sulfonamides is 1. The molecule has 2 rings (SSSR count). The number of hydrogen-bond acceptors (Lipinski definition) is 5. The molecule has 1 atom stereocenters. The Kier molecular flexibility index (Phi) is 4.61. The normalized spacial score (nSPS) is 13.8. The predicted molar refractivity (Wildman–Crippen MR) is 72.9 cm³/mol. The minimum absolute atomic E-state index is 0.308. The van der Waals surface area contributed by atoms with Gasteiger partial charge in [0.1, 0.15) is 22.8 Å². The molecule has 1 heterocycles. The lowest BCUT2D eigenvalue weighted by Crippen LogP contribution is -2.29. The Morgan fingerprint density at radius 3 is 2.52 bits per heavy atom. The maximum absolute atomic E-state index is 12.4. The molecule has 0 aliphatic heterocycles. The molecule has 0 aliphatic carbocycles. The highest BCUT2D eigenvalue weighted by Gasteiger charge is 2.34. The molecule has 126 valence electrons. The number of para-hydroxylation sites is 1. The van der Waals surface area contributed by atoms with E-state index in [-0.39, 0.29) is 0 Å². The minimum atomic E-state index is -5.00. The van der Waals surface area contributed by atoms with Crippen LogP contribution in [-0.4, -0.2) is 29.5 Å². The number of alkyl halides is 3. The largest absolute Gasteiger partial charge is 0.573 e. The molecule has 1 N–H and O–H groups in total. The van der Waals surface area contributed by atoms with E-state index < -0.39 is 33.1 Å². The van der Waals surface area contributed by atoms with Crippen LogP contribution < -0.4 is 9.46 Å². The summed E-state index contributed by atoms with van der Waals surface area (Å²) in [5.41, 5.74) is 0. The molecule has 23 heavy (non-hydrogen) atoms. The zero-order valence-corrected chi connectivity index (χ0v) is 12.9. The first-order chi connectivity index (χ1) is 10.6. The van der Waals surface area contributed by atoms with E-state index in [4.69, 9.17) is 0 Å². The first-order valence-corrected chi connectivity index (χ1v) is 7.79. The standard InChI is InChI=1S/C12H13F3N4O3S/c1-8(11-17-16-7-19(11)2)18-23(20,21)10-6-4-3-5-9(10)22-12(13,14)15/h3-8,18H,1-2H3/t8-/m0/s1. The highest BCUT2D eigenvalue weighted by Crippen LogP contribution is 2.29. The summed E-state index contributed by atoms with van der Waals surface area (Å²) in [5.74, 6) is -0.500. The quantitative estimate of drug-likeness (QED) is 0.888. The molecule has 0 saturated heterocycles. The van der Waals surface area contributed by atoms with Crippen LogP contribution in [0.15, 0.2) is 35.5 Å². The van der Waals surface area contributed by atoms with E-state index in [2.05, 4.69) is 19.7 Å². The Balaban J connectivity index is 2.32. The third kappa shape index (κ3) is 4.20. The number of nitrogens with one attached hydrogen (secondary N) is 1. The van der Waals surface area contributed by atoms with Crippen LogP contribution in [0.2, 0.25) is 0 Å². The molecule has 0 unspecified atom stereocenters. The average molecular weight is 350 g/mol. The highest BCUT2D eigenvalue weighted by molar-refractivity contribution is 7.89. The van der Waals surface area contributed by atoms with Gasteiger partial charge in [-0.3, -0.25) is 0 Å². The molecule has 0 aliphatic rings. The first-order valence-electron chi connectivity index (χ1n) is 6.31. The molecule has 0 bridgehead atoms. The summed E-state index contributed by atoms with van der Waals surface area (Å²) in [6, 6.07) is 3.69. The van der Waals surface area contributed by atoms with Gasteiger partial charge in [-0.2, -0.15) is 0 Å². The first kappa shape index (κ1) is 17.2. The number of aromatic nitrogens is 3. The smallest absolute Gasteiger partial charge is 0.404 e. The van der Waals surface area contributed by atoms with Crippen molar-refractivity contribution in [3.8, 4) is 5.75 Å². The van der Waals surface area contributed by atoms with E-state index in [0.29, 0.717) is 5.82 Å². The Bertz CT molecular complexity index is 789. The van der Waals surface area contributed by atoms with E-state index in [0.717, 1.165) is 12.1 Å². The van der Waals surface area contributed by atoms with Crippen molar-refractivity contribution < 1.29 is 26.3 Å². The lowest BCUT2D eigenvalue weighted by Gasteiger charge is -2.16. The van der Waals surface area contributed by atoms with Crippen LogP contribution in [0.1, 0.15) is 18.8 Å². The molecule has 0 fully saturated rings. The van der Waals surface area contributed by atoms with Crippen molar-refractivity contribution in [2.75, 3.05) is 0 Å². The van der Waals surface area contributed by atoms with Gasteiger partial charge in [0.25, 0.3) is 0 Å². The molecule has 0 radical (unpaired) electrons. The van der Waals surface area contributed by atoms with Crippen molar-refractivity contribution in [3.05, 3.63) is 36.4 Å². The van der Waals surface area contributed by atoms with Crippen LogP contribution in [-0.2, 0) is 17.1 Å². The third-order valence-electron chi connectivity index (χ3n) is 2.83. The van der Waals surface area contributed by atoms with Crippen molar-refractivity contribution in [1.82, 2.24) is 19.5 Å². The van der Waals surface area contributed by atoms with Gasteiger partial charge in [-0.15, -0.1) is 23.4 Å². The summed E-state index contributed by atoms with van der Waals surface area (Å²) in [6.45, 7) is 1.49. The van der Waals surface area contributed by atoms with Gasteiger partial charge < -0.3 is 9.30 Å². The number of benzene rings is 1. The third-order valence-corrected chi connectivity index (χ3v) is 4.41. The number of hydrogen-bond donors (Lipinski definition) is 1. The molecule has 1 aromatic heterocycles. The van der Waals surface area contributed by atoms with Crippen LogP contribution in [0.4, 0.5) is 13.2 Å². The number of nitrogens with zero attached hydrogens (tertiary/aromatic N) is 3. The molecule has 0 amide bonds. The Morgan fingerprint density at radius 1 is 1.30 bits per heavy atom. The molecular formula is C12H13F3N4O3S. The van der Waals surface area contributed by atoms with Gasteiger partial charge in [-0.1, -0.05) is 12.1 Å². The Hall–Kier alpha value is -2.14. The fourth-order valence-corrected chi connectivity index (χ4v) is 3.24. The Labute approximate surface area is 130 Å². The van der Waals surface area contributed by atoms with Gasteiger partial charge in [-0.05, 0) is 19.1 Å². The molecule has 7 nitrogen and oxygen atoms in total. The van der Waals surface area contributed by atoms with Crippen LogP contribution in [0.25, 0.3) is 0 Å². The van der Waals surface area contributed by atoms with E-state index in [9.17, 15) is 21.6 Å². The molecule has 11 heteroatoms. The zero-order valence-electron chi connectivity index (χ0n) is 12.1. The van der Waals surface area contributed by atoms with Gasteiger partial charge in [0.2, 0.25) is 10.0 Å². The number of ether oxygens (including phenoxy) is 1. The summed E-state index contributed by atoms with van der Waals surface area (Å²) >= 11 is 0. The van der Waals surface area contributed by atoms with Crippen LogP contribution >= 0.6 is 0 Å². The summed E-state index contributed by atoms with van der Waals surface area (Å²) < 4.78 is 69.3. The van der Waals surface area contributed by atoms with E-state index in [1.54, 1.807) is 7.05 Å². The maximum atomic E-state index is 12.4. The van der Waals surface area contributed by atoms with Gasteiger partial charge in [0.15, 0.2) is 0 Å². The van der Waals surface area contributed by atoms with Crippen LogP contribution in [0.3, 0.4) is 0 Å². The molecule has 1 aromatic carbocycles. The van der Waals surface area contributed by atoms with Crippen molar-refractivity contribution in [2.45, 2.75) is 24.2 Å². The minimum Gasteiger partial charge on any atom is -0.404 e. The molecular weight excluding hydrogens is 337 g/mol. The molecule has 2 aromatic rings. The van der Waals surface area contributed by atoms with Gasteiger partial charge in [-0.25, -0.2) is 13.1 Å². The topological polar surface area (TPSA) is 86.1 Å². The number of halogens is 3. The maximum Gasteiger partial charge on any atom is 0.573 e.